The van der Waals surface area contributed by atoms with Crippen molar-refractivity contribution in [3.8, 4) is 0 Å². The molecule has 3 aliphatic rings. The van der Waals surface area contributed by atoms with Crippen molar-refractivity contribution in [1.29, 1.82) is 0 Å². The van der Waals surface area contributed by atoms with Crippen molar-refractivity contribution >= 4 is 33.4 Å². The molecule has 3 heteroatoms. The van der Waals surface area contributed by atoms with Gasteiger partial charge in [-0.15, -0.1) is 0 Å². The summed E-state index contributed by atoms with van der Waals surface area (Å²) in [5.41, 5.74) is 5.98. The highest BCUT2D eigenvalue weighted by molar-refractivity contribution is 9.11. The first-order chi connectivity index (χ1) is 11.3. The zero-order valence-corrected chi connectivity index (χ0v) is 13.9. The van der Waals surface area contributed by atoms with Crippen LogP contribution < -0.4 is 10.6 Å². The molecule has 0 bridgehead atoms. The van der Waals surface area contributed by atoms with Gasteiger partial charge in [0.1, 0.15) is 0 Å². The Bertz CT molecular complexity index is 1040. The van der Waals surface area contributed by atoms with E-state index in [1.54, 1.807) is 0 Å². The maximum atomic E-state index is 4.85. The second kappa shape index (κ2) is 4.87. The monoisotopic (exact) mass is 360 g/mol. The molecule has 2 aliphatic heterocycles. The number of rotatable bonds is 1. The maximum absolute atomic E-state index is 4.85. The molecule has 2 heterocycles. The predicted octanol–water partition coefficient (Wildman–Crippen LogP) is 3.88. The van der Waals surface area contributed by atoms with Gasteiger partial charge in [-0.05, 0) is 57.3 Å². The van der Waals surface area contributed by atoms with Crippen molar-refractivity contribution < 1.29 is 0 Å². The van der Waals surface area contributed by atoms with Crippen LogP contribution in [0.2, 0.25) is 0 Å². The highest BCUT2D eigenvalue weighted by atomic mass is 79.9. The molecule has 0 radical (unpaired) electrons. The van der Waals surface area contributed by atoms with Crippen LogP contribution in [0.15, 0.2) is 74.8 Å². The van der Waals surface area contributed by atoms with Gasteiger partial charge in [0.05, 0.1) is 16.7 Å². The van der Waals surface area contributed by atoms with E-state index < -0.39 is 0 Å². The number of allylic oxidation sites excluding steroid dienone is 4. The number of fused-ring (bicyclic) bond motifs is 3. The standard InChI is InChI=1S/C20H13BrN2/c21-17-8-4-7-13-14-9-18-15(10-19(14)23-20(13)17)16(11-22-18)12-5-2-1-3-6-12/h1-6,8-11,16H,7H2. The summed E-state index contributed by atoms with van der Waals surface area (Å²) in [6.45, 7) is 0. The summed E-state index contributed by atoms with van der Waals surface area (Å²) in [6, 6.07) is 14.9. The Morgan fingerprint density at radius 1 is 1.09 bits per heavy atom. The summed E-state index contributed by atoms with van der Waals surface area (Å²) >= 11 is 3.62. The molecule has 1 atom stereocenters. The van der Waals surface area contributed by atoms with Crippen molar-refractivity contribution in [2.24, 2.45) is 9.98 Å². The predicted molar refractivity (Wildman–Crippen MR) is 96.8 cm³/mol. The first kappa shape index (κ1) is 13.2. The molecule has 0 saturated carbocycles. The Hall–Kier alpha value is -2.26. The smallest absolute Gasteiger partial charge is 0.0820 e. The molecule has 1 aliphatic carbocycles. The van der Waals surface area contributed by atoms with Gasteiger partial charge in [-0.2, -0.15) is 0 Å². The fourth-order valence-corrected chi connectivity index (χ4v) is 4.04. The summed E-state index contributed by atoms with van der Waals surface area (Å²) in [5, 5.41) is 2.30. The fourth-order valence-electron chi connectivity index (χ4n) is 3.53. The minimum Gasteiger partial charge on any atom is -0.260 e. The Labute approximate surface area is 142 Å². The Morgan fingerprint density at radius 3 is 2.83 bits per heavy atom. The van der Waals surface area contributed by atoms with Crippen molar-refractivity contribution in [2.45, 2.75) is 12.3 Å². The van der Waals surface area contributed by atoms with Crippen LogP contribution in [0.1, 0.15) is 23.5 Å². The first-order valence-corrected chi connectivity index (χ1v) is 8.52. The van der Waals surface area contributed by atoms with Gasteiger partial charge in [0.25, 0.3) is 0 Å². The van der Waals surface area contributed by atoms with Gasteiger partial charge in [-0.25, -0.2) is 4.99 Å². The average Bonchev–Trinajstić information content (AvgIpc) is 3.15. The SMILES string of the molecule is BrC1=C2N=c3cc4c(cc3=C2CC=C1)N=CC4c1ccccc1. The zero-order valence-electron chi connectivity index (χ0n) is 12.3. The van der Waals surface area contributed by atoms with Gasteiger partial charge >= 0.3 is 0 Å². The summed E-state index contributed by atoms with van der Waals surface area (Å²) in [5.74, 6) is 0.231. The van der Waals surface area contributed by atoms with Crippen molar-refractivity contribution in [2.75, 3.05) is 0 Å². The molecular weight excluding hydrogens is 348 g/mol. The van der Waals surface area contributed by atoms with E-state index >= 15 is 0 Å². The third kappa shape index (κ3) is 1.93. The van der Waals surface area contributed by atoms with Gasteiger partial charge in [-0.1, -0.05) is 36.4 Å². The molecule has 110 valence electrons. The lowest BCUT2D eigenvalue weighted by atomic mass is 9.92. The normalized spacial score (nSPS) is 20.4. The molecule has 0 amide bonds. The van der Waals surface area contributed by atoms with Crippen molar-refractivity contribution in [3.63, 3.8) is 0 Å². The molecule has 0 fully saturated rings. The molecule has 23 heavy (non-hydrogen) atoms. The van der Waals surface area contributed by atoms with E-state index in [-0.39, 0.29) is 5.92 Å². The topological polar surface area (TPSA) is 24.7 Å². The fraction of sp³-hybridized carbons (Fsp3) is 0.100. The number of hydrogen-bond donors (Lipinski definition) is 0. The molecule has 1 unspecified atom stereocenters. The van der Waals surface area contributed by atoms with E-state index in [0.717, 1.165) is 27.6 Å². The van der Waals surface area contributed by atoms with E-state index in [0.29, 0.717) is 0 Å². The lowest BCUT2D eigenvalue weighted by Crippen LogP contribution is -2.23. The van der Waals surface area contributed by atoms with Crippen LogP contribution in [0.4, 0.5) is 5.69 Å². The van der Waals surface area contributed by atoms with Crippen LogP contribution in [-0.4, -0.2) is 6.21 Å². The van der Waals surface area contributed by atoms with E-state index in [2.05, 4.69) is 69.5 Å². The molecule has 2 aromatic rings. The molecule has 0 spiro atoms. The van der Waals surface area contributed by atoms with Gasteiger partial charge in [0.15, 0.2) is 0 Å². The number of nitrogens with zero attached hydrogens (tertiary/aromatic N) is 2. The Kier molecular flexibility index (Phi) is 2.79. The van der Waals surface area contributed by atoms with Crippen LogP contribution in [0.5, 0.6) is 0 Å². The van der Waals surface area contributed by atoms with Crippen LogP contribution >= 0.6 is 15.9 Å². The van der Waals surface area contributed by atoms with Gasteiger partial charge in [-0.3, -0.25) is 4.99 Å². The average molecular weight is 361 g/mol. The molecule has 0 N–H and O–H groups in total. The number of hydrogen-bond acceptors (Lipinski definition) is 2. The summed E-state index contributed by atoms with van der Waals surface area (Å²) < 4.78 is 1.07. The van der Waals surface area contributed by atoms with Gasteiger partial charge in [0.2, 0.25) is 0 Å². The molecule has 2 nitrogen and oxygen atoms in total. The van der Waals surface area contributed by atoms with Crippen LogP contribution in [0.25, 0.3) is 5.57 Å². The highest BCUT2D eigenvalue weighted by Gasteiger charge is 2.24. The minimum absolute atomic E-state index is 0.231. The van der Waals surface area contributed by atoms with Crippen LogP contribution in [0.3, 0.4) is 0 Å². The Balaban J connectivity index is 1.73. The number of benzene rings is 2. The van der Waals surface area contributed by atoms with Crippen LogP contribution in [-0.2, 0) is 0 Å². The number of aliphatic imine (C=N–C) groups is 1. The molecule has 2 aromatic carbocycles. The minimum atomic E-state index is 0.231. The largest absolute Gasteiger partial charge is 0.260 e. The van der Waals surface area contributed by atoms with E-state index in [1.807, 2.05) is 12.3 Å². The van der Waals surface area contributed by atoms with Crippen LogP contribution in [0, 0.1) is 0 Å². The van der Waals surface area contributed by atoms with E-state index in [1.165, 1.54) is 21.9 Å². The highest BCUT2D eigenvalue weighted by Crippen LogP contribution is 2.36. The third-order valence-corrected chi connectivity index (χ3v) is 5.30. The van der Waals surface area contributed by atoms with Crippen molar-refractivity contribution in [1.82, 2.24) is 0 Å². The molecular formula is C20H13BrN2. The molecule has 0 saturated heterocycles. The summed E-state index contributed by atoms with van der Waals surface area (Å²) in [6.07, 6.45) is 7.25. The van der Waals surface area contributed by atoms with Crippen molar-refractivity contribution in [3.05, 3.63) is 86.5 Å². The summed E-state index contributed by atoms with van der Waals surface area (Å²) in [4.78, 5) is 9.51. The maximum Gasteiger partial charge on any atom is 0.0820 e. The second-order valence-electron chi connectivity index (χ2n) is 5.99. The molecule has 5 rings (SSSR count). The number of halogens is 1. The summed E-state index contributed by atoms with van der Waals surface area (Å²) in [7, 11) is 0. The second-order valence-corrected chi connectivity index (χ2v) is 6.84. The van der Waals surface area contributed by atoms with E-state index in [4.69, 9.17) is 4.99 Å². The first-order valence-electron chi connectivity index (χ1n) is 7.73. The Morgan fingerprint density at radius 2 is 1.96 bits per heavy atom. The van der Waals surface area contributed by atoms with E-state index in [9.17, 15) is 0 Å². The third-order valence-electron chi connectivity index (χ3n) is 4.66. The van der Waals surface area contributed by atoms with Gasteiger partial charge < -0.3 is 0 Å². The zero-order chi connectivity index (χ0) is 15.4. The lowest BCUT2D eigenvalue weighted by molar-refractivity contribution is 1.12. The molecule has 0 aromatic heterocycles. The van der Waals surface area contributed by atoms with Gasteiger partial charge in [0, 0.05) is 21.8 Å². The lowest BCUT2D eigenvalue weighted by Gasteiger charge is -2.09. The quantitative estimate of drug-likeness (QED) is 0.737.